The first kappa shape index (κ1) is 28.1. The Labute approximate surface area is 210 Å². The van der Waals surface area contributed by atoms with E-state index in [9.17, 15) is 22.4 Å². The van der Waals surface area contributed by atoms with Gasteiger partial charge in [-0.05, 0) is 18.1 Å². The molecule has 0 radical (unpaired) electrons. The molecule has 0 aliphatic carbocycles. The first-order chi connectivity index (χ1) is 17.7. The zero-order valence-electron chi connectivity index (χ0n) is 20.4. The fourth-order valence-electron chi connectivity index (χ4n) is 3.50. The normalized spacial score (nSPS) is 13.4. The first-order valence-corrected chi connectivity index (χ1v) is 11.1. The highest BCUT2D eigenvalue weighted by molar-refractivity contribution is 5.96. The second-order valence-electron chi connectivity index (χ2n) is 7.90. The number of pyridine rings is 1. The molecule has 2 N–H and O–H groups in total. The molecular formula is C23H27F4N5O5. The minimum atomic E-state index is -4.83. The van der Waals surface area contributed by atoms with Crippen LogP contribution < -0.4 is 15.5 Å². The Bertz CT molecular complexity index is 1110. The van der Waals surface area contributed by atoms with E-state index in [2.05, 4.69) is 20.8 Å². The van der Waals surface area contributed by atoms with Crippen molar-refractivity contribution in [3.8, 4) is 11.6 Å². The molecule has 10 nitrogen and oxygen atoms in total. The average molecular weight is 529 g/mol. The van der Waals surface area contributed by atoms with Gasteiger partial charge >= 0.3 is 12.1 Å². The topological polar surface area (TPSA) is 107 Å². The molecule has 37 heavy (non-hydrogen) atoms. The van der Waals surface area contributed by atoms with Crippen LogP contribution in [-0.4, -0.2) is 76.0 Å². The summed E-state index contributed by atoms with van der Waals surface area (Å²) >= 11 is 0. The van der Waals surface area contributed by atoms with E-state index in [1.54, 1.807) is 6.21 Å². The van der Waals surface area contributed by atoms with Crippen LogP contribution in [0.15, 0.2) is 29.5 Å². The maximum atomic E-state index is 15.0. The summed E-state index contributed by atoms with van der Waals surface area (Å²) in [6.07, 6.45) is -1.78. The van der Waals surface area contributed by atoms with Crippen LogP contribution in [0, 0.1) is 5.82 Å². The number of hydrogen-bond acceptors (Lipinski definition) is 10. The molecule has 14 heteroatoms. The smallest absolute Gasteiger partial charge is 0.421 e. The zero-order chi connectivity index (χ0) is 27.0. The van der Waals surface area contributed by atoms with Crippen molar-refractivity contribution in [2.24, 2.45) is 5.10 Å². The van der Waals surface area contributed by atoms with Gasteiger partial charge in [0.25, 0.3) is 0 Å². The van der Waals surface area contributed by atoms with Crippen LogP contribution in [0.2, 0.25) is 0 Å². The molecule has 0 spiro atoms. The molecular weight excluding hydrogens is 502 g/mol. The Kier molecular flexibility index (Phi) is 9.60. The van der Waals surface area contributed by atoms with E-state index in [-0.39, 0.29) is 36.4 Å². The second-order valence-corrected chi connectivity index (χ2v) is 7.90. The van der Waals surface area contributed by atoms with Gasteiger partial charge in [0.2, 0.25) is 5.88 Å². The van der Waals surface area contributed by atoms with Gasteiger partial charge in [-0.15, -0.1) is 0 Å². The summed E-state index contributed by atoms with van der Waals surface area (Å²) in [5.41, 5.74) is 1.86. The quantitative estimate of drug-likeness (QED) is 0.317. The van der Waals surface area contributed by atoms with Gasteiger partial charge in [-0.3, -0.25) is 0 Å². The summed E-state index contributed by atoms with van der Waals surface area (Å²) in [5.74, 6) is -3.39. The van der Waals surface area contributed by atoms with Crippen molar-refractivity contribution in [2.45, 2.75) is 18.6 Å². The number of rotatable bonds is 12. The maximum Gasteiger partial charge on any atom is 0.421 e. The summed E-state index contributed by atoms with van der Waals surface area (Å²) in [7, 11) is 4.02. The highest BCUT2D eigenvalue weighted by Gasteiger charge is 2.36. The number of benzene rings is 1. The van der Waals surface area contributed by atoms with E-state index in [0.29, 0.717) is 13.1 Å². The van der Waals surface area contributed by atoms with Gasteiger partial charge in [0, 0.05) is 38.8 Å². The number of carbonyl (C=O) groups is 1. The molecule has 1 aliphatic heterocycles. The fourth-order valence-corrected chi connectivity index (χ4v) is 3.50. The lowest BCUT2D eigenvalue weighted by atomic mass is 10.1. The Morgan fingerprint density at radius 3 is 2.51 bits per heavy atom. The SMILES string of the molecule is COCC(COC)Nc1cc(F)c(Oc2ncc(CCN3N=CCN3)cc2C(F)(F)F)cc1C(=O)OC. The van der Waals surface area contributed by atoms with Crippen LogP contribution in [0.25, 0.3) is 0 Å². The lowest BCUT2D eigenvalue weighted by Gasteiger charge is -2.21. The van der Waals surface area contributed by atoms with Gasteiger partial charge in [0.1, 0.15) is 5.56 Å². The largest absolute Gasteiger partial charge is 0.465 e. The van der Waals surface area contributed by atoms with E-state index >= 15 is 0 Å². The molecule has 1 aromatic carbocycles. The monoisotopic (exact) mass is 529 g/mol. The van der Waals surface area contributed by atoms with Crippen molar-refractivity contribution >= 4 is 17.9 Å². The van der Waals surface area contributed by atoms with Crippen LogP contribution in [0.1, 0.15) is 21.5 Å². The summed E-state index contributed by atoms with van der Waals surface area (Å²) in [5, 5.41) is 8.43. The van der Waals surface area contributed by atoms with Gasteiger partial charge in [0.05, 0.1) is 50.7 Å². The number of ether oxygens (including phenoxy) is 4. The number of carbonyl (C=O) groups excluding carboxylic acids is 1. The number of hydrazone groups is 1. The van der Waals surface area contributed by atoms with Crippen LogP contribution in [0.5, 0.6) is 11.6 Å². The lowest BCUT2D eigenvalue weighted by molar-refractivity contribution is -0.139. The predicted octanol–water partition coefficient (Wildman–Crippen LogP) is 3.24. The van der Waals surface area contributed by atoms with E-state index in [1.165, 1.54) is 25.5 Å². The fraction of sp³-hybridized carbons (Fsp3) is 0.435. The molecule has 0 unspecified atom stereocenters. The summed E-state index contributed by atoms with van der Waals surface area (Å²) in [4.78, 5) is 16.2. The number of esters is 1. The van der Waals surface area contributed by atoms with Gasteiger partial charge in [0.15, 0.2) is 11.6 Å². The minimum absolute atomic E-state index is 0.0216. The molecule has 0 saturated heterocycles. The van der Waals surface area contributed by atoms with Gasteiger partial charge in [-0.25, -0.2) is 24.7 Å². The van der Waals surface area contributed by atoms with Crippen molar-refractivity contribution in [1.82, 2.24) is 15.5 Å². The third kappa shape index (κ3) is 7.50. The van der Waals surface area contributed by atoms with Crippen molar-refractivity contribution < 1.29 is 41.3 Å². The lowest BCUT2D eigenvalue weighted by Crippen LogP contribution is -2.30. The Hall–Kier alpha value is -3.49. The number of aromatic nitrogens is 1. The molecule has 202 valence electrons. The number of hydrogen-bond donors (Lipinski definition) is 2. The zero-order valence-corrected chi connectivity index (χ0v) is 20.4. The highest BCUT2D eigenvalue weighted by atomic mass is 19.4. The molecule has 2 aromatic rings. The standard InChI is InChI=1S/C23H27F4N5O5/c1-34-12-15(13-35-2)31-19-10-18(24)20(9-16(19)22(33)36-3)37-21-17(23(25,26)27)8-14(11-28-21)4-7-32-29-5-6-30-32/h5,8-11,15,30-31H,4,6-7,12-13H2,1-3H3. The van der Waals surface area contributed by atoms with Crippen LogP contribution in [-0.2, 0) is 26.8 Å². The van der Waals surface area contributed by atoms with Crippen molar-refractivity contribution in [3.63, 3.8) is 0 Å². The average Bonchev–Trinajstić information content (AvgIpc) is 3.38. The number of anilines is 1. The first-order valence-electron chi connectivity index (χ1n) is 11.1. The van der Waals surface area contributed by atoms with Gasteiger partial charge < -0.3 is 24.3 Å². The Morgan fingerprint density at radius 2 is 1.92 bits per heavy atom. The molecule has 3 rings (SSSR count). The van der Waals surface area contributed by atoms with Crippen LogP contribution in [0.3, 0.4) is 0 Å². The molecule has 0 amide bonds. The number of nitrogens with zero attached hydrogens (tertiary/aromatic N) is 3. The van der Waals surface area contributed by atoms with E-state index in [1.807, 2.05) is 0 Å². The molecule has 0 atom stereocenters. The third-order valence-corrected chi connectivity index (χ3v) is 5.19. The van der Waals surface area contributed by atoms with Crippen molar-refractivity contribution in [2.75, 3.05) is 52.9 Å². The van der Waals surface area contributed by atoms with E-state index in [4.69, 9.17) is 18.9 Å². The van der Waals surface area contributed by atoms with E-state index in [0.717, 1.165) is 25.3 Å². The molecule has 1 aliphatic rings. The highest BCUT2D eigenvalue weighted by Crippen LogP contribution is 2.39. The number of hydrazine groups is 1. The van der Waals surface area contributed by atoms with Gasteiger partial charge in [-0.2, -0.15) is 18.3 Å². The summed E-state index contributed by atoms with van der Waals surface area (Å²) < 4.78 is 76.6. The Morgan fingerprint density at radius 1 is 1.19 bits per heavy atom. The molecule has 0 bridgehead atoms. The maximum absolute atomic E-state index is 15.0. The third-order valence-electron chi connectivity index (χ3n) is 5.19. The number of alkyl halides is 3. The minimum Gasteiger partial charge on any atom is -0.465 e. The Balaban J connectivity index is 1.91. The molecule has 2 heterocycles. The van der Waals surface area contributed by atoms with E-state index < -0.39 is 41.2 Å². The molecule has 0 fully saturated rings. The predicted molar refractivity (Wildman–Crippen MR) is 125 cm³/mol. The van der Waals surface area contributed by atoms with Crippen LogP contribution >= 0.6 is 0 Å². The number of halogens is 4. The van der Waals surface area contributed by atoms with Crippen LogP contribution in [0.4, 0.5) is 23.2 Å². The summed E-state index contributed by atoms with van der Waals surface area (Å²) in [6, 6.07) is 2.30. The number of methoxy groups -OCH3 is 3. The second kappa shape index (κ2) is 12.7. The number of nitrogens with one attached hydrogen (secondary N) is 2. The molecule has 0 saturated carbocycles. The molecule has 1 aromatic heterocycles. The van der Waals surface area contributed by atoms with Crippen molar-refractivity contribution in [1.29, 1.82) is 0 Å². The van der Waals surface area contributed by atoms with Gasteiger partial charge in [-0.1, -0.05) is 0 Å². The van der Waals surface area contributed by atoms with Crippen molar-refractivity contribution in [3.05, 3.63) is 46.9 Å². The summed E-state index contributed by atoms with van der Waals surface area (Å²) in [6.45, 7) is 1.18.